The minimum Gasteiger partial charge on any atom is -0.508 e. The van der Waals surface area contributed by atoms with E-state index in [9.17, 15) is 48.6 Å². The van der Waals surface area contributed by atoms with Crippen molar-refractivity contribution in [1.29, 1.82) is 0 Å². The molecule has 0 bridgehead atoms. The predicted octanol–water partition coefficient (Wildman–Crippen LogP) is 5.77. The Morgan fingerprint density at radius 1 is 0.713 bits per heavy atom. The molecule has 550 valence electrons. The third-order valence-corrected chi connectivity index (χ3v) is 19.0. The number of rotatable bonds is 38. The van der Waals surface area contributed by atoms with Gasteiger partial charge in [0, 0.05) is 86.6 Å². The molecule has 7 atom stereocenters. The minimum absolute atomic E-state index is 0.0102. The zero-order valence-electron chi connectivity index (χ0n) is 60.5. The molecule has 3 aromatic carbocycles. The summed E-state index contributed by atoms with van der Waals surface area (Å²) in [6, 6.07) is 15.6. The molecular formula is C75H111N16O10+. The highest BCUT2D eigenvalue weighted by Gasteiger charge is 2.44. The lowest BCUT2D eigenvalue weighted by Crippen LogP contribution is -2.60. The lowest BCUT2D eigenvalue weighted by Gasteiger charge is -2.31. The molecule has 26 nitrogen and oxygen atoms in total. The van der Waals surface area contributed by atoms with Gasteiger partial charge in [-0.05, 0) is 132 Å². The number of unbranched alkanes of at least 4 members (excludes halogenated alkanes) is 3. The van der Waals surface area contributed by atoms with E-state index in [4.69, 9.17) is 22.9 Å². The lowest BCUT2D eigenvalue weighted by atomic mass is 9.81. The summed E-state index contributed by atoms with van der Waals surface area (Å²) in [5, 5.41) is 39.0. The SMILES string of the molecule is CC[C@H](C)[C@H](NC(=O)[C@H](Cc1ccc(O)cc1)NC(=O)[C@H]1CCCN1C(=O)[C@@H](CCCN=C(N)N)NC(=O)[C@@H](N)CCCN=C(N)NC(=O)NCCCCNC(=O)CCCCCN1\C(=C/C=C/C=C/C2=[N+](C)c3ccccc3C2(C)C)C(C)(C)c2ccccc21)C(=O)N[C@H](CC(C)C)C(=O)O. The maximum atomic E-state index is 14.5. The number of carboxylic acids is 1. The van der Waals surface area contributed by atoms with Crippen LogP contribution in [0.25, 0.3) is 0 Å². The Morgan fingerprint density at radius 3 is 2.06 bits per heavy atom. The maximum Gasteiger partial charge on any atom is 0.326 e. The Kier molecular flexibility index (Phi) is 30.9. The van der Waals surface area contributed by atoms with Gasteiger partial charge >= 0.3 is 12.0 Å². The number of aliphatic carboxylic acids is 1. The number of carbonyl (C=O) groups excluding carboxylic acids is 7. The van der Waals surface area contributed by atoms with Crippen molar-refractivity contribution in [2.45, 2.75) is 199 Å². The monoisotopic (exact) mass is 1400 g/mol. The highest BCUT2D eigenvalue weighted by Crippen LogP contribution is 2.48. The second-order valence-electron chi connectivity index (χ2n) is 28.0. The van der Waals surface area contributed by atoms with Crippen LogP contribution < -0.4 is 65.1 Å². The molecule has 8 amide bonds. The molecule has 0 spiro atoms. The second kappa shape index (κ2) is 38.8. The summed E-state index contributed by atoms with van der Waals surface area (Å²) in [6.07, 6.45) is 16.9. The molecule has 1 fully saturated rings. The molecular weight excluding hydrogens is 1280 g/mol. The number of aromatic hydroxyl groups is 1. The summed E-state index contributed by atoms with van der Waals surface area (Å²) in [5.41, 5.74) is 31.3. The van der Waals surface area contributed by atoms with Crippen molar-refractivity contribution in [2.24, 2.45) is 44.8 Å². The quantitative estimate of drug-likeness (QED) is 0.0106. The van der Waals surface area contributed by atoms with Crippen molar-refractivity contribution in [3.63, 3.8) is 0 Å². The topological polar surface area (TPSA) is 400 Å². The first-order chi connectivity index (χ1) is 48.0. The summed E-state index contributed by atoms with van der Waals surface area (Å²) in [5.74, 6) is -5.42. The Morgan fingerprint density at radius 2 is 1.38 bits per heavy atom. The van der Waals surface area contributed by atoms with Crippen LogP contribution in [0.15, 0.2) is 119 Å². The first kappa shape index (κ1) is 80.4. The summed E-state index contributed by atoms with van der Waals surface area (Å²) in [6.45, 7) is 18.3. The third kappa shape index (κ3) is 23.5. The number of likely N-dealkylation sites (tertiary alicyclic amines) is 1. The molecule has 3 aromatic rings. The first-order valence-corrected chi connectivity index (χ1v) is 35.6. The smallest absolute Gasteiger partial charge is 0.326 e. The van der Waals surface area contributed by atoms with Crippen molar-refractivity contribution in [2.75, 3.05) is 51.2 Å². The Labute approximate surface area is 595 Å². The number of hydrogen-bond donors (Lipinski definition) is 13. The summed E-state index contributed by atoms with van der Waals surface area (Å²) < 4.78 is 2.28. The number of phenolic OH excluding ortho intramolecular Hbond substituents is 1. The van der Waals surface area contributed by atoms with Crippen LogP contribution >= 0.6 is 0 Å². The number of urea groups is 1. The van der Waals surface area contributed by atoms with Crippen LogP contribution in [0.4, 0.5) is 16.2 Å². The fourth-order valence-electron chi connectivity index (χ4n) is 13.2. The van der Waals surface area contributed by atoms with E-state index in [1.54, 1.807) is 19.1 Å². The fourth-order valence-corrected chi connectivity index (χ4v) is 13.2. The number of nitrogens with one attached hydrogen (secondary N) is 7. The molecule has 6 rings (SSSR count). The van der Waals surface area contributed by atoms with Crippen molar-refractivity contribution in [3.8, 4) is 5.75 Å². The van der Waals surface area contributed by atoms with Gasteiger partial charge in [-0.25, -0.2) is 9.59 Å². The average molecular weight is 1400 g/mol. The number of carboxylic acid groups (broad SMARTS) is 1. The molecule has 0 aliphatic carbocycles. The number of aliphatic imine (C=N–C) groups is 2. The van der Waals surface area contributed by atoms with E-state index < -0.39 is 83.7 Å². The average Bonchev–Trinajstić information content (AvgIpc) is 1.61. The van der Waals surface area contributed by atoms with Gasteiger partial charge in [-0.15, -0.1) is 0 Å². The molecule has 0 aromatic heterocycles. The molecule has 3 heterocycles. The molecule has 3 aliphatic rings. The van der Waals surface area contributed by atoms with Gasteiger partial charge in [-0.3, -0.25) is 44.1 Å². The highest BCUT2D eigenvalue weighted by atomic mass is 16.4. The maximum absolute atomic E-state index is 14.5. The largest absolute Gasteiger partial charge is 0.508 e. The number of anilines is 1. The van der Waals surface area contributed by atoms with Crippen molar-refractivity contribution in [3.05, 3.63) is 126 Å². The van der Waals surface area contributed by atoms with Gasteiger partial charge in [0.2, 0.25) is 41.1 Å². The molecule has 0 unspecified atom stereocenters. The molecule has 0 radical (unpaired) electrons. The van der Waals surface area contributed by atoms with Gasteiger partial charge in [0.1, 0.15) is 43.0 Å². The Hall–Kier alpha value is -9.59. The number of hydrogen-bond acceptors (Lipinski definition) is 13. The van der Waals surface area contributed by atoms with Crippen LogP contribution in [0, 0.1) is 11.8 Å². The van der Waals surface area contributed by atoms with Crippen LogP contribution in [0.1, 0.15) is 162 Å². The van der Waals surface area contributed by atoms with Crippen molar-refractivity contribution in [1.82, 2.24) is 42.1 Å². The van der Waals surface area contributed by atoms with E-state index in [0.29, 0.717) is 50.8 Å². The number of fused-ring (bicyclic) bond motifs is 2. The van der Waals surface area contributed by atoms with E-state index in [1.165, 1.54) is 50.9 Å². The van der Waals surface area contributed by atoms with Crippen molar-refractivity contribution >= 4 is 76.4 Å². The predicted molar refractivity (Wildman–Crippen MR) is 395 cm³/mol. The van der Waals surface area contributed by atoms with Gasteiger partial charge in [0.05, 0.1) is 11.5 Å². The summed E-state index contributed by atoms with van der Waals surface area (Å²) in [7, 11) is 2.13. The normalized spacial score (nSPS) is 17.6. The van der Waals surface area contributed by atoms with Crippen LogP contribution in [0.2, 0.25) is 0 Å². The standard InChI is InChI=1S/C75H110N16O10/c1-10-49(4)64(68(97)86-57(70(99)100)46-48(2)3)87-66(95)56(47-50-36-38-51(92)39-37-50)85-67(96)60-32-25-45-91(60)69(98)55(29-24-42-81-71(77)78)84-65(94)54(76)28-23-43-82-72(79)88-73(101)83-41-21-20-40-80-63(93)35-15-12-22-44-90-59-31-19-17-27-53(59)75(7,8)62(90)34-14-11-13-33-61-74(5,6)52-26-16-18-30-58(52)89(61)9/h11,13-14,16-19,26-27,30-31,33-34,36-39,48-49,54-57,60,64H,10,12,15,20-25,28-29,32,35,40-47,76H2,1-9H3,(H14-,77,78,79,80,81,82,83,84,85,86,87,88,92,93,94,95,96,97,99,100,101)/p+1/t49-,54-,55+,56-,57+,60+,64-/m0/s1. The van der Waals surface area contributed by atoms with E-state index >= 15 is 0 Å². The van der Waals surface area contributed by atoms with Crippen LogP contribution in [0.5, 0.6) is 5.75 Å². The fraction of sp³-hybridized carbons (Fsp3) is 0.533. The molecule has 26 heteroatoms. The number of guanidine groups is 2. The van der Waals surface area contributed by atoms with Gasteiger partial charge < -0.3 is 74.8 Å². The second-order valence-corrected chi connectivity index (χ2v) is 28.0. The zero-order valence-corrected chi connectivity index (χ0v) is 60.5. The number of para-hydroxylation sites is 2. The Bertz CT molecular complexity index is 3540. The van der Waals surface area contributed by atoms with E-state index in [0.717, 1.165) is 25.8 Å². The van der Waals surface area contributed by atoms with Crippen molar-refractivity contribution < 1.29 is 53.1 Å². The highest BCUT2D eigenvalue weighted by molar-refractivity contribution is 6.03. The first-order valence-electron chi connectivity index (χ1n) is 35.6. The molecule has 101 heavy (non-hydrogen) atoms. The number of phenols is 1. The van der Waals surface area contributed by atoms with Gasteiger partial charge in [0.25, 0.3) is 0 Å². The lowest BCUT2D eigenvalue weighted by molar-refractivity contribution is -0.401. The Balaban J connectivity index is 0.909. The minimum atomic E-state index is -1.30. The van der Waals surface area contributed by atoms with Gasteiger partial charge in [-0.1, -0.05) is 121 Å². The number of allylic oxidation sites excluding steroid dienone is 6. The van der Waals surface area contributed by atoms with Gasteiger partial charge in [-0.2, -0.15) is 4.58 Å². The number of carbonyl (C=O) groups is 8. The number of nitrogens with zero attached hydrogens (tertiary/aromatic N) is 5. The van der Waals surface area contributed by atoms with E-state index in [2.05, 4.69) is 170 Å². The zero-order chi connectivity index (χ0) is 74.0. The molecule has 1 saturated heterocycles. The number of nitrogens with two attached hydrogens (primary N) is 4. The number of benzene rings is 3. The van der Waals surface area contributed by atoms with Crippen LogP contribution in [-0.4, -0.2) is 167 Å². The van der Waals surface area contributed by atoms with Gasteiger partial charge in [0.15, 0.2) is 17.6 Å². The number of amides is 8. The van der Waals surface area contributed by atoms with Crippen LogP contribution in [0.3, 0.4) is 0 Å². The molecule has 17 N–H and O–H groups in total. The third-order valence-electron chi connectivity index (χ3n) is 19.0. The van der Waals surface area contributed by atoms with E-state index in [-0.39, 0.29) is 105 Å². The molecule has 0 saturated carbocycles. The van der Waals surface area contributed by atoms with E-state index in [1.807, 2.05) is 20.8 Å². The summed E-state index contributed by atoms with van der Waals surface area (Å²) >= 11 is 0. The summed E-state index contributed by atoms with van der Waals surface area (Å²) in [4.78, 5) is 120. The molecule has 3 aliphatic heterocycles. The van der Waals surface area contributed by atoms with Crippen LogP contribution in [-0.2, 0) is 50.8 Å².